The first-order chi connectivity index (χ1) is 14.7. The van der Waals surface area contributed by atoms with Crippen molar-refractivity contribution in [2.45, 2.75) is 20.0 Å². The van der Waals surface area contributed by atoms with E-state index in [1.165, 1.54) is 30.5 Å². The van der Waals surface area contributed by atoms with Crippen LogP contribution in [0.2, 0.25) is 0 Å². The Morgan fingerprint density at radius 3 is 2.89 bits per heavy atom. The lowest BCUT2D eigenvalue weighted by molar-refractivity contribution is -0.0493. The molecule has 3 aromatic rings. The van der Waals surface area contributed by atoms with E-state index in [0.717, 1.165) is 4.80 Å². The van der Waals surface area contributed by atoms with Crippen molar-refractivity contribution in [1.82, 2.24) is 35.7 Å². The third kappa shape index (κ3) is 4.16. The number of hydrogen-bond donors (Lipinski definition) is 2. The summed E-state index contributed by atoms with van der Waals surface area (Å²) in [6.45, 7) is -4.05. The van der Waals surface area contributed by atoms with E-state index < -0.39 is 19.5 Å². The molecule has 146 valence electrons. The van der Waals surface area contributed by atoms with Gasteiger partial charge in [-0.15, -0.1) is 20.1 Å². The zero-order valence-corrected chi connectivity index (χ0v) is 14.4. The minimum Gasteiger partial charge on any atom is -0.433 e. The second-order valence-corrected chi connectivity index (χ2v) is 5.28. The lowest BCUT2D eigenvalue weighted by Crippen LogP contribution is -2.21. The van der Waals surface area contributed by atoms with Crippen molar-refractivity contribution in [3.05, 3.63) is 42.0 Å². The van der Waals surface area contributed by atoms with Gasteiger partial charge in [-0.05, 0) is 23.4 Å². The highest BCUT2D eigenvalue weighted by atomic mass is 19.3. The van der Waals surface area contributed by atoms with E-state index in [2.05, 4.69) is 35.7 Å². The molecule has 1 aromatic carbocycles. The highest BCUT2D eigenvalue weighted by Gasteiger charge is 2.17. The Hall–Kier alpha value is -3.70. The topological polar surface area (TPSA) is 120 Å². The minimum absolute atomic E-state index is 0.0239. The Morgan fingerprint density at radius 1 is 1.32 bits per heavy atom. The monoisotopic (exact) mass is 393 g/mol. The van der Waals surface area contributed by atoms with Crippen molar-refractivity contribution in [3.8, 4) is 11.4 Å². The summed E-state index contributed by atoms with van der Waals surface area (Å²) in [5, 5.41) is 23.5. The first-order valence-corrected chi connectivity index (χ1v) is 7.95. The molecule has 0 atom stereocenters. The number of nitrogens with zero attached hydrogens (tertiary/aromatic N) is 6. The van der Waals surface area contributed by atoms with Crippen LogP contribution in [0, 0.1) is 0 Å². The molecule has 2 N–H and O–H groups in total. The van der Waals surface area contributed by atoms with E-state index in [1.807, 2.05) is 6.92 Å². The number of rotatable bonds is 7. The van der Waals surface area contributed by atoms with Gasteiger partial charge >= 0.3 is 6.61 Å². The van der Waals surface area contributed by atoms with E-state index in [9.17, 15) is 13.6 Å². The van der Waals surface area contributed by atoms with Crippen molar-refractivity contribution in [1.29, 1.82) is 0 Å². The molecule has 1 amide bonds. The number of hydrogen-bond acceptors (Lipinski definition) is 8. The molecule has 0 unspecified atom stereocenters. The van der Waals surface area contributed by atoms with Crippen LogP contribution in [0.4, 0.5) is 20.2 Å². The molecule has 0 bridgehead atoms. The van der Waals surface area contributed by atoms with Gasteiger partial charge in [-0.1, -0.05) is 6.92 Å². The second-order valence-electron chi connectivity index (χ2n) is 5.28. The summed E-state index contributed by atoms with van der Waals surface area (Å²) in [5.74, 6) is -0.837. The van der Waals surface area contributed by atoms with E-state index in [1.54, 1.807) is 5.32 Å². The first kappa shape index (κ1) is 15.4. The number of halogens is 2. The molecule has 2 aromatic heterocycles. The van der Waals surface area contributed by atoms with Crippen molar-refractivity contribution in [3.63, 3.8) is 0 Å². The minimum atomic E-state index is -3.14. The molecule has 0 aliphatic carbocycles. The molecule has 3 rings (SSSR count). The lowest BCUT2D eigenvalue weighted by atomic mass is 10.2. The van der Waals surface area contributed by atoms with Gasteiger partial charge in [-0.25, -0.2) is 0 Å². The number of benzene rings is 1. The quantitative estimate of drug-likeness (QED) is 0.623. The van der Waals surface area contributed by atoms with Crippen molar-refractivity contribution in [2.24, 2.45) is 0 Å². The number of ether oxygens (including phenoxy) is 1. The molecule has 12 heteroatoms. The van der Waals surface area contributed by atoms with E-state index >= 15 is 0 Å². The number of tetrazole rings is 1. The summed E-state index contributed by atoms with van der Waals surface area (Å²) in [6.07, 6.45) is 1.78. The summed E-state index contributed by atoms with van der Waals surface area (Å²) in [7, 11) is 0. The smallest absolute Gasteiger partial charge is 0.387 e. The van der Waals surface area contributed by atoms with Gasteiger partial charge in [0.05, 0.1) is 23.3 Å². The van der Waals surface area contributed by atoms with E-state index in [4.69, 9.17) is 4.11 Å². The molecule has 0 aliphatic rings. The Morgan fingerprint density at radius 2 is 2.18 bits per heavy atom. The van der Waals surface area contributed by atoms with Gasteiger partial charge in [0.25, 0.3) is 5.91 Å². The maximum Gasteiger partial charge on any atom is 0.387 e. The third-order valence-corrected chi connectivity index (χ3v) is 3.50. The highest BCUT2D eigenvalue weighted by molar-refractivity contribution is 5.98. The molecule has 0 spiro atoms. The average molecular weight is 393 g/mol. The zero-order chi connectivity index (χ0) is 22.6. The molecule has 0 radical (unpaired) electrons. The maximum absolute atomic E-state index is 13.0. The van der Waals surface area contributed by atoms with Crippen molar-refractivity contribution >= 4 is 17.3 Å². The molecular formula is C16H16F2N8O2. The largest absolute Gasteiger partial charge is 0.433 e. The molecule has 0 saturated heterocycles. The lowest BCUT2D eigenvalue weighted by Gasteiger charge is -2.15. The number of carbonyl (C=O) groups excluding carboxylic acids is 1. The van der Waals surface area contributed by atoms with Gasteiger partial charge in [0.15, 0.2) is 17.3 Å². The fourth-order valence-corrected chi connectivity index (χ4v) is 2.23. The summed E-state index contributed by atoms with van der Waals surface area (Å²) in [4.78, 5) is 13.4. The highest BCUT2D eigenvalue weighted by Crippen LogP contribution is 2.31. The summed E-state index contributed by atoms with van der Waals surface area (Å²) >= 11 is 0. The van der Waals surface area contributed by atoms with Gasteiger partial charge in [0.1, 0.15) is 0 Å². The molecule has 2 heterocycles. The number of aryl methyl sites for hydroxylation is 1. The Kier molecular flexibility index (Phi) is 4.57. The van der Waals surface area contributed by atoms with Gasteiger partial charge in [-0.2, -0.15) is 13.9 Å². The number of anilines is 2. The van der Waals surface area contributed by atoms with Crippen LogP contribution < -0.4 is 15.4 Å². The normalized spacial score (nSPS) is 12.8. The van der Waals surface area contributed by atoms with Crippen LogP contribution in [0.25, 0.3) is 5.69 Å². The molecule has 0 saturated carbocycles. The standard InChI is InChI=1S/C16H16F2N8O2/c1-3-13-22-25-26(24-13)9-4-5-10(12(8-9)28-16(17)18)21-11-6-7-20-23-14(11)15(27)19-2/h4-8,16H,3H2,1-2H3,(H,19,27)(H,20,21)/i2D3. The molecule has 0 fully saturated rings. The average Bonchev–Trinajstić information content (AvgIpc) is 3.17. The molecule has 28 heavy (non-hydrogen) atoms. The van der Waals surface area contributed by atoms with Crippen LogP contribution in [-0.4, -0.2) is 49.9 Å². The third-order valence-electron chi connectivity index (χ3n) is 3.50. The number of alkyl halides is 2. The van der Waals surface area contributed by atoms with Crippen molar-refractivity contribution in [2.75, 3.05) is 12.3 Å². The molecular weight excluding hydrogens is 374 g/mol. The number of amides is 1. The van der Waals surface area contributed by atoms with Gasteiger partial charge in [-0.3, -0.25) is 4.79 Å². The predicted molar refractivity (Wildman–Crippen MR) is 93.9 cm³/mol. The Balaban J connectivity index is 1.95. The number of carbonyl (C=O) groups is 1. The van der Waals surface area contributed by atoms with Crippen LogP contribution in [0.1, 0.15) is 27.3 Å². The van der Waals surface area contributed by atoms with Crippen LogP contribution in [0.15, 0.2) is 30.5 Å². The van der Waals surface area contributed by atoms with E-state index in [0.29, 0.717) is 17.9 Å². The Bertz CT molecular complexity index is 1080. The Labute approximate surface area is 162 Å². The number of aromatic nitrogens is 6. The van der Waals surface area contributed by atoms with Gasteiger partial charge in [0.2, 0.25) is 0 Å². The van der Waals surface area contributed by atoms with Crippen LogP contribution in [-0.2, 0) is 6.42 Å². The zero-order valence-electron chi connectivity index (χ0n) is 17.4. The molecule has 0 aliphatic heterocycles. The van der Waals surface area contributed by atoms with Gasteiger partial charge in [0, 0.05) is 23.6 Å². The fraction of sp³-hybridized carbons (Fsp3) is 0.250. The second kappa shape index (κ2) is 8.33. The van der Waals surface area contributed by atoms with Crippen LogP contribution >= 0.6 is 0 Å². The predicted octanol–water partition coefficient (Wildman–Crippen LogP) is 1.72. The molecule has 10 nitrogen and oxygen atoms in total. The van der Waals surface area contributed by atoms with E-state index in [-0.39, 0.29) is 22.8 Å². The van der Waals surface area contributed by atoms with Crippen LogP contribution in [0.5, 0.6) is 5.75 Å². The van der Waals surface area contributed by atoms with Crippen molar-refractivity contribution < 1.29 is 22.4 Å². The van der Waals surface area contributed by atoms with Gasteiger partial charge < -0.3 is 15.4 Å². The summed E-state index contributed by atoms with van der Waals surface area (Å²) < 4.78 is 52.0. The SMILES string of the molecule is [2H]C([2H])([2H])NC(=O)c1nnccc1Nc1ccc(-n2nnc(CC)n2)cc1OC(F)F. The maximum atomic E-state index is 13.0. The first-order valence-electron chi connectivity index (χ1n) is 9.45. The fourth-order valence-electron chi connectivity index (χ4n) is 2.23. The summed E-state index contributed by atoms with van der Waals surface area (Å²) in [6, 6.07) is 5.49. The summed E-state index contributed by atoms with van der Waals surface area (Å²) in [5.41, 5.74) is 0.0319. The van der Waals surface area contributed by atoms with Crippen LogP contribution in [0.3, 0.4) is 0 Å². The number of nitrogens with one attached hydrogen (secondary N) is 2.